The minimum absolute atomic E-state index is 0. The summed E-state index contributed by atoms with van der Waals surface area (Å²) in [6, 6.07) is 0.264. The molecule has 2 heterocycles. The first-order valence-electron chi connectivity index (χ1n) is 9.69. The molecule has 2 saturated heterocycles. The molecule has 3 N–H and O–H groups in total. The van der Waals surface area contributed by atoms with Gasteiger partial charge in [0.2, 0.25) is 5.91 Å². The van der Waals surface area contributed by atoms with Crippen molar-refractivity contribution < 1.29 is 13.2 Å². The lowest BCUT2D eigenvalue weighted by molar-refractivity contribution is -0.121. The quantitative estimate of drug-likeness (QED) is 0.245. The zero-order chi connectivity index (χ0) is 19.0. The van der Waals surface area contributed by atoms with E-state index in [2.05, 4.69) is 32.8 Å². The first kappa shape index (κ1) is 24.4. The van der Waals surface area contributed by atoms with E-state index in [0.717, 1.165) is 32.1 Å². The Morgan fingerprint density at radius 1 is 1.22 bits per heavy atom. The average Bonchev–Trinajstić information content (AvgIpc) is 3.18. The van der Waals surface area contributed by atoms with Crippen LogP contribution in [0.5, 0.6) is 0 Å². The minimum atomic E-state index is -2.97. The molecule has 2 unspecified atom stereocenters. The monoisotopic (exact) mass is 515 g/mol. The Labute approximate surface area is 180 Å². The zero-order valence-corrected chi connectivity index (χ0v) is 19.5. The van der Waals surface area contributed by atoms with Crippen molar-refractivity contribution in [2.24, 2.45) is 4.99 Å². The fourth-order valence-corrected chi connectivity index (χ4v) is 5.23. The molecule has 1 amide bonds. The molecule has 0 spiro atoms. The third-order valence-corrected chi connectivity index (χ3v) is 6.72. The van der Waals surface area contributed by atoms with Crippen molar-refractivity contribution in [3.8, 4) is 0 Å². The maximum absolute atomic E-state index is 12.0. The highest BCUT2D eigenvalue weighted by atomic mass is 127. The molecule has 2 atom stereocenters. The van der Waals surface area contributed by atoms with Crippen LogP contribution in [0.4, 0.5) is 0 Å². The molecule has 0 aromatic heterocycles. The second-order valence-corrected chi connectivity index (χ2v) is 9.22. The number of likely N-dealkylation sites (tertiary alicyclic amines) is 1. The summed E-state index contributed by atoms with van der Waals surface area (Å²) in [5.74, 6) is 0.838. The van der Waals surface area contributed by atoms with Crippen LogP contribution in [0.25, 0.3) is 0 Å². The van der Waals surface area contributed by atoms with Crippen LogP contribution in [0.3, 0.4) is 0 Å². The van der Waals surface area contributed by atoms with E-state index < -0.39 is 9.84 Å². The molecular weight excluding hydrogens is 481 g/mol. The smallest absolute Gasteiger partial charge is 0.222 e. The number of halogens is 1. The molecule has 8 nitrogen and oxygen atoms in total. The predicted molar refractivity (Wildman–Crippen MR) is 119 cm³/mol. The number of rotatable bonds is 8. The second-order valence-electron chi connectivity index (χ2n) is 6.99. The molecule has 2 fully saturated rings. The third-order valence-electron chi connectivity index (χ3n) is 4.95. The number of aliphatic imine (C=N–C) groups is 1. The number of likely N-dealkylation sites (N-methyl/N-ethyl adjacent to an activating group) is 1. The molecule has 0 aliphatic carbocycles. The molecule has 2 rings (SSSR count). The van der Waals surface area contributed by atoms with Gasteiger partial charge in [-0.3, -0.25) is 14.7 Å². The van der Waals surface area contributed by atoms with E-state index in [1.807, 2.05) is 6.92 Å². The maximum Gasteiger partial charge on any atom is 0.222 e. The summed E-state index contributed by atoms with van der Waals surface area (Å²) >= 11 is 0. The summed E-state index contributed by atoms with van der Waals surface area (Å²) in [4.78, 5) is 19.1. The van der Waals surface area contributed by atoms with E-state index in [0.29, 0.717) is 25.4 Å². The maximum atomic E-state index is 12.0. The summed E-state index contributed by atoms with van der Waals surface area (Å²) in [5.41, 5.74) is 0. The summed E-state index contributed by atoms with van der Waals surface area (Å²) in [7, 11) is -2.97. The van der Waals surface area contributed by atoms with Crippen LogP contribution in [-0.4, -0.2) is 81.5 Å². The number of carbonyl (C=O) groups excluding carboxylic acids is 1. The van der Waals surface area contributed by atoms with Crippen LogP contribution in [0.1, 0.15) is 39.5 Å². The fraction of sp³-hybridized carbons (Fsp3) is 0.882. The highest BCUT2D eigenvalue weighted by molar-refractivity contribution is 14.0. The number of carbonyl (C=O) groups is 1. The van der Waals surface area contributed by atoms with Crippen molar-refractivity contribution in [1.29, 1.82) is 0 Å². The fourth-order valence-electron chi connectivity index (χ4n) is 3.56. The molecule has 0 radical (unpaired) electrons. The number of amides is 1. The number of hydrogen-bond donors (Lipinski definition) is 3. The molecular formula is C17H34IN5O3S. The normalized spacial score (nSPS) is 25.0. The van der Waals surface area contributed by atoms with E-state index >= 15 is 0 Å². The van der Waals surface area contributed by atoms with Crippen LogP contribution < -0.4 is 16.0 Å². The third kappa shape index (κ3) is 8.51. The highest BCUT2D eigenvalue weighted by Crippen LogP contribution is 2.16. The van der Waals surface area contributed by atoms with Crippen LogP contribution >= 0.6 is 24.0 Å². The minimum Gasteiger partial charge on any atom is -0.357 e. The number of sulfone groups is 1. The number of guanidine groups is 1. The van der Waals surface area contributed by atoms with Gasteiger partial charge in [-0.15, -0.1) is 24.0 Å². The summed E-state index contributed by atoms with van der Waals surface area (Å²) in [6.45, 7) is 8.39. The Morgan fingerprint density at radius 2 is 2.00 bits per heavy atom. The molecule has 10 heteroatoms. The van der Waals surface area contributed by atoms with Gasteiger partial charge in [0, 0.05) is 31.6 Å². The first-order chi connectivity index (χ1) is 12.4. The van der Waals surface area contributed by atoms with E-state index in [4.69, 9.17) is 0 Å². The summed E-state index contributed by atoms with van der Waals surface area (Å²) in [6.07, 6.45) is 3.23. The Balaban J connectivity index is 0.00000364. The van der Waals surface area contributed by atoms with Gasteiger partial charge in [-0.2, -0.15) is 0 Å². The average molecular weight is 515 g/mol. The molecule has 27 heavy (non-hydrogen) atoms. The Kier molecular flexibility index (Phi) is 10.9. The Hall–Kier alpha value is -0.620. The lowest BCUT2D eigenvalue weighted by atomic mass is 10.2. The van der Waals surface area contributed by atoms with Crippen LogP contribution in [-0.2, 0) is 14.6 Å². The molecule has 0 aromatic rings. The second kappa shape index (κ2) is 12.1. The highest BCUT2D eigenvalue weighted by Gasteiger charge is 2.28. The first-order valence-corrected chi connectivity index (χ1v) is 11.5. The van der Waals surface area contributed by atoms with Crippen LogP contribution in [0.2, 0.25) is 0 Å². The van der Waals surface area contributed by atoms with Crippen molar-refractivity contribution in [3.05, 3.63) is 0 Å². The standard InChI is InChI=1S/C17H33N5O3S.HI/c1-3-18-17(20-12-15-6-5-10-22(15)4-2)19-9-7-16(23)21-14-8-11-26(24,25)13-14;/h14-15H,3-13H2,1-2H3,(H,21,23)(H2,18,19,20);1H. The molecule has 2 aliphatic rings. The Bertz CT molecular complexity index is 599. The number of hydrogen-bond acceptors (Lipinski definition) is 5. The molecule has 2 aliphatic heterocycles. The van der Waals surface area contributed by atoms with Gasteiger partial charge in [-0.05, 0) is 39.3 Å². The topological polar surface area (TPSA) is 103 Å². The van der Waals surface area contributed by atoms with E-state index in [1.165, 1.54) is 12.8 Å². The molecule has 0 bridgehead atoms. The van der Waals surface area contributed by atoms with Gasteiger partial charge < -0.3 is 16.0 Å². The lowest BCUT2D eigenvalue weighted by Gasteiger charge is -2.21. The van der Waals surface area contributed by atoms with Crippen molar-refractivity contribution in [3.63, 3.8) is 0 Å². The number of nitrogens with zero attached hydrogens (tertiary/aromatic N) is 2. The van der Waals surface area contributed by atoms with Crippen LogP contribution in [0, 0.1) is 0 Å². The predicted octanol–water partition coefficient (Wildman–Crippen LogP) is 0.337. The van der Waals surface area contributed by atoms with Crippen molar-refractivity contribution in [1.82, 2.24) is 20.9 Å². The molecule has 0 aromatic carbocycles. The van der Waals surface area contributed by atoms with Gasteiger partial charge >= 0.3 is 0 Å². The van der Waals surface area contributed by atoms with Crippen molar-refractivity contribution in [2.45, 2.75) is 51.6 Å². The van der Waals surface area contributed by atoms with Gasteiger partial charge in [0.05, 0.1) is 18.1 Å². The van der Waals surface area contributed by atoms with E-state index in [9.17, 15) is 13.2 Å². The molecule has 158 valence electrons. The van der Waals surface area contributed by atoms with Crippen LogP contribution in [0.15, 0.2) is 4.99 Å². The Morgan fingerprint density at radius 3 is 2.63 bits per heavy atom. The largest absolute Gasteiger partial charge is 0.357 e. The van der Waals surface area contributed by atoms with Gasteiger partial charge in [0.1, 0.15) is 0 Å². The van der Waals surface area contributed by atoms with Gasteiger partial charge in [0.25, 0.3) is 0 Å². The zero-order valence-electron chi connectivity index (χ0n) is 16.4. The van der Waals surface area contributed by atoms with Crippen molar-refractivity contribution >= 4 is 45.7 Å². The van der Waals surface area contributed by atoms with E-state index in [1.54, 1.807) is 0 Å². The number of nitrogens with one attached hydrogen (secondary N) is 3. The molecule has 0 saturated carbocycles. The van der Waals surface area contributed by atoms with Gasteiger partial charge in [-0.25, -0.2) is 8.42 Å². The lowest BCUT2D eigenvalue weighted by Crippen LogP contribution is -2.42. The summed E-state index contributed by atoms with van der Waals surface area (Å²) in [5, 5.41) is 9.20. The van der Waals surface area contributed by atoms with Gasteiger partial charge in [0.15, 0.2) is 15.8 Å². The van der Waals surface area contributed by atoms with Gasteiger partial charge in [-0.1, -0.05) is 6.92 Å². The van der Waals surface area contributed by atoms with E-state index in [-0.39, 0.29) is 47.4 Å². The SMILES string of the molecule is CCNC(=NCC1CCCN1CC)NCCC(=O)NC1CCS(=O)(=O)C1.I. The van der Waals surface area contributed by atoms with Crippen molar-refractivity contribution in [2.75, 3.05) is 44.2 Å². The summed E-state index contributed by atoms with van der Waals surface area (Å²) < 4.78 is 22.9.